The SMILES string of the molecule is COc1cccc(/C=C2\Oc3c(ccc(O)c3CN3COCC3C)C2=O)c1OC. The maximum absolute atomic E-state index is 12.9. The van der Waals surface area contributed by atoms with Crippen molar-refractivity contribution < 1.29 is 28.8 Å². The number of carbonyl (C=O) groups excluding carboxylic acids is 1. The van der Waals surface area contributed by atoms with Crippen LogP contribution in [0.5, 0.6) is 23.0 Å². The minimum Gasteiger partial charge on any atom is -0.507 e. The Morgan fingerprint density at radius 1 is 1.24 bits per heavy atom. The fraction of sp³-hybridized carbons (Fsp3) is 0.318. The van der Waals surface area contributed by atoms with E-state index < -0.39 is 0 Å². The number of benzene rings is 2. The van der Waals surface area contributed by atoms with Gasteiger partial charge in [0.1, 0.15) is 11.5 Å². The number of aromatic hydroxyl groups is 1. The van der Waals surface area contributed by atoms with Gasteiger partial charge in [0.15, 0.2) is 17.3 Å². The van der Waals surface area contributed by atoms with Gasteiger partial charge in [0.05, 0.1) is 38.7 Å². The summed E-state index contributed by atoms with van der Waals surface area (Å²) in [4.78, 5) is 15.0. The molecule has 152 valence electrons. The van der Waals surface area contributed by atoms with Crippen molar-refractivity contribution in [3.8, 4) is 23.0 Å². The molecule has 0 aliphatic carbocycles. The van der Waals surface area contributed by atoms with Gasteiger partial charge in [-0.15, -0.1) is 0 Å². The lowest BCUT2D eigenvalue weighted by Gasteiger charge is -2.20. The number of rotatable bonds is 5. The highest BCUT2D eigenvalue weighted by Crippen LogP contribution is 2.41. The van der Waals surface area contributed by atoms with Crippen molar-refractivity contribution in [3.63, 3.8) is 0 Å². The summed E-state index contributed by atoms with van der Waals surface area (Å²) in [6.45, 7) is 3.59. The number of hydrogen-bond acceptors (Lipinski definition) is 7. The molecule has 2 aliphatic rings. The number of ether oxygens (including phenoxy) is 4. The molecule has 2 aromatic carbocycles. The van der Waals surface area contributed by atoms with Crippen molar-refractivity contribution in [2.24, 2.45) is 0 Å². The predicted octanol–water partition coefficient (Wildman–Crippen LogP) is 3.20. The lowest BCUT2D eigenvalue weighted by Crippen LogP contribution is -2.27. The Bertz CT molecular complexity index is 984. The molecule has 0 aromatic heterocycles. The maximum Gasteiger partial charge on any atom is 0.231 e. The molecule has 1 N–H and O–H groups in total. The Morgan fingerprint density at radius 3 is 2.76 bits per heavy atom. The first-order valence-corrected chi connectivity index (χ1v) is 9.35. The highest BCUT2D eigenvalue weighted by Gasteiger charge is 2.33. The smallest absolute Gasteiger partial charge is 0.231 e. The second-order valence-electron chi connectivity index (χ2n) is 7.06. The molecule has 7 nitrogen and oxygen atoms in total. The summed E-state index contributed by atoms with van der Waals surface area (Å²) in [5, 5.41) is 10.4. The van der Waals surface area contributed by atoms with E-state index in [4.69, 9.17) is 18.9 Å². The normalized spacial score (nSPS) is 20.0. The molecule has 1 fully saturated rings. The second-order valence-corrected chi connectivity index (χ2v) is 7.06. The van der Waals surface area contributed by atoms with E-state index in [0.29, 0.717) is 53.8 Å². The van der Waals surface area contributed by atoms with Gasteiger partial charge in [0, 0.05) is 18.2 Å². The van der Waals surface area contributed by atoms with E-state index in [-0.39, 0.29) is 23.3 Å². The molecule has 0 saturated carbocycles. The zero-order valence-corrected chi connectivity index (χ0v) is 16.6. The molecule has 0 bridgehead atoms. The number of methoxy groups -OCH3 is 2. The van der Waals surface area contributed by atoms with Crippen molar-refractivity contribution in [1.82, 2.24) is 4.90 Å². The number of ketones is 1. The van der Waals surface area contributed by atoms with Gasteiger partial charge in [-0.2, -0.15) is 0 Å². The molecule has 0 spiro atoms. The van der Waals surface area contributed by atoms with Crippen molar-refractivity contribution in [2.45, 2.75) is 19.5 Å². The zero-order valence-electron chi connectivity index (χ0n) is 16.6. The number of fused-ring (bicyclic) bond motifs is 1. The molecule has 2 heterocycles. The quantitative estimate of drug-likeness (QED) is 0.777. The molecule has 2 aliphatic heterocycles. The van der Waals surface area contributed by atoms with Crippen LogP contribution in [0.15, 0.2) is 36.1 Å². The number of nitrogens with zero attached hydrogens (tertiary/aromatic N) is 1. The minimum atomic E-state index is -0.239. The van der Waals surface area contributed by atoms with Crippen LogP contribution in [0.3, 0.4) is 0 Å². The topological polar surface area (TPSA) is 77.5 Å². The lowest BCUT2D eigenvalue weighted by atomic mass is 10.0. The van der Waals surface area contributed by atoms with Crippen molar-refractivity contribution in [2.75, 3.05) is 27.6 Å². The lowest BCUT2D eigenvalue weighted by molar-refractivity contribution is 0.101. The van der Waals surface area contributed by atoms with E-state index in [9.17, 15) is 9.90 Å². The number of allylic oxidation sites excluding steroid dienone is 1. The summed E-state index contributed by atoms with van der Waals surface area (Å²) in [6.07, 6.45) is 1.63. The standard InChI is InChI=1S/C22H23NO6/c1-13-11-28-12-23(13)10-16-17(24)8-7-15-20(25)19(29-22(15)16)9-14-5-4-6-18(26-2)21(14)27-3/h4-9,13,24H,10-12H2,1-3H3/b19-9-. The van der Waals surface area contributed by atoms with Gasteiger partial charge in [-0.05, 0) is 31.2 Å². The fourth-order valence-corrected chi connectivity index (χ4v) is 3.59. The molecule has 1 atom stereocenters. The molecule has 7 heteroatoms. The van der Waals surface area contributed by atoms with Crippen molar-refractivity contribution in [3.05, 3.63) is 52.8 Å². The predicted molar refractivity (Wildman–Crippen MR) is 106 cm³/mol. The molecule has 1 saturated heterocycles. The molecular formula is C22H23NO6. The summed E-state index contributed by atoms with van der Waals surface area (Å²) in [5.74, 6) is 1.49. The fourth-order valence-electron chi connectivity index (χ4n) is 3.59. The number of Topliss-reactive ketones (excluding diaryl/α,β-unsaturated/α-hetero) is 1. The number of phenolic OH excluding ortho intramolecular Hbond substituents is 1. The van der Waals surface area contributed by atoms with E-state index in [1.165, 1.54) is 6.07 Å². The molecule has 29 heavy (non-hydrogen) atoms. The first-order chi connectivity index (χ1) is 14.0. The van der Waals surface area contributed by atoms with E-state index in [2.05, 4.69) is 11.8 Å². The summed E-state index contributed by atoms with van der Waals surface area (Å²) < 4.78 is 22.2. The van der Waals surface area contributed by atoms with Crippen LogP contribution in [-0.4, -0.2) is 49.4 Å². The van der Waals surface area contributed by atoms with Gasteiger partial charge < -0.3 is 24.1 Å². The Kier molecular flexibility index (Phi) is 5.17. The van der Waals surface area contributed by atoms with Crippen molar-refractivity contribution >= 4 is 11.9 Å². The van der Waals surface area contributed by atoms with Gasteiger partial charge >= 0.3 is 0 Å². The summed E-state index contributed by atoms with van der Waals surface area (Å²) in [6, 6.07) is 8.75. The van der Waals surface area contributed by atoms with Crippen LogP contribution in [0.4, 0.5) is 0 Å². The van der Waals surface area contributed by atoms with Crippen molar-refractivity contribution in [1.29, 1.82) is 0 Å². The van der Waals surface area contributed by atoms with Gasteiger partial charge in [0.2, 0.25) is 5.78 Å². The third-order valence-corrected chi connectivity index (χ3v) is 5.24. The largest absolute Gasteiger partial charge is 0.507 e. The highest BCUT2D eigenvalue weighted by atomic mass is 16.5. The number of para-hydroxylation sites is 1. The third kappa shape index (κ3) is 3.43. The van der Waals surface area contributed by atoms with E-state index in [1.54, 1.807) is 32.4 Å². The van der Waals surface area contributed by atoms with Crippen LogP contribution >= 0.6 is 0 Å². The highest BCUT2D eigenvalue weighted by molar-refractivity contribution is 6.15. The third-order valence-electron chi connectivity index (χ3n) is 5.24. The Balaban J connectivity index is 1.70. The van der Waals surface area contributed by atoms with Gasteiger partial charge in [-0.3, -0.25) is 9.69 Å². The van der Waals surface area contributed by atoms with Crippen LogP contribution in [0, 0.1) is 0 Å². The summed E-state index contributed by atoms with van der Waals surface area (Å²) in [5.41, 5.74) is 1.67. The first-order valence-electron chi connectivity index (χ1n) is 9.35. The van der Waals surface area contributed by atoms with Gasteiger partial charge in [0.25, 0.3) is 0 Å². The van der Waals surface area contributed by atoms with Gasteiger partial charge in [-0.25, -0.2) is 0 Å². The molecular weight excluding hydrogens is 374 g/mol. The molecule has 0 radical (unpaired) electrons. The van der Waals surface area contributed by atoms with Crippen LogP contribution in [0.1, 0.15) is 28.4 Å². The molecule has 4 rings (SSSR count). The monoisotopic (exact) mass is 397 g/mol. The van der Waals surface area contributed by atoms with Crippen LogP contribution in [0.25, 0.3) is 6.08 Å². The summed E-state index contributed by atoms with van der Waals surface area (Å²) in [7, 11) is 3.10. The second kappa shape index (κ2) is 7.77. The van der Waals surface area contributed by atoms with Crippen LogP contribution in [0.2, 0.25) is 0 Å². The van der Waals surface area contributed by atoms with E-state index in [0.717, 1.165) is 0 Å². The van der Waals surface area contributed by atoms with Gasteiger partial charge in [-0.1, -0.05) is 12.1 Å². The Hall–Kier alpha value is -3.03. The first kappa shape index (κ1) is 19.3. The molecule has 0 amide bonds. The van der Waals surface area contributed by atoms with E-state index >= 15 is 0 Å². The average Bonchev–Trinajstić information content (AvgIpc) is 3.27. The number of phenols is 1. The van der Waals surface area contributed by atoms with E-state index in [1.807, 2.05) is 12.1 Å². The van der Waals surface area contributed by atoms with Crippen LogP contribution in [-0.2, 0) is 11.3 Å². The molecule has 1 unspecified atom stereocenters. The minimum absolute atomic E-state index is 0.0934. The Labute approximate surface area is 169 Å². The molecule has 2 aromatic rings. The maximum atomic E-state index is 12.9. The average molecular weight is 397 g/mol. The number of carbonyl (C=O) groups is 1. The van der Waals surface area contributed by atoms with Crippen LogP contribution < -0.4 is 14.2 Å². The Morgan fingerprint density at radius 2 is 2.07 bits per heavy atom. The summed E-state index contributed by atoms with van der Waals surface area (Å²) >= 11 is 0. The number of hydrogen-bond donors (Lipinski definition) is 1. The zero-order chi connectivity index (χ0) is 20.5.